The molecule has 1 aromatic carbocycles. The molecular formula is C16H8F2N4O3. The van der Waals surface area contributed by atoms with Crippen molar-refractivity contribution in [1.29, 1.82) is 5.26 Å². The van der Waals surface area contributed by atoms with E-state index in [-0.39, 0.29) is 22.5 Å². The second kappa shape index (κ2) is 6.01. The van der Waals surface area contributed by atoms with E-state index >= 15 is 0 Å². The monoisotopic (exact) mass is 342 g/mol. The van der Waals surface area contributed by atoms with Crippen LogP contribution in [-0.4, -0.2) is 25.8 Å². The number of nitrogens with zero attached hydrogens (tertiary/aromatic N) is 3. The first kappa shape index (κ1) is 16.1. The van der Waals surface area contributed by atoms with E-state index < -0.39 is 28.7 Å². The number of pyridine rings is 1. The number of benzene rings is 1. The van der Waals surface area contributed by atoms with Crippen molar-refractivity contribution in [3.8, 4) is 23.0 Å². The first-order valence-electron chi connectivity index (χ1n) is 6.82. The number of halogens is 2. The fraction of sp³-hybridized carbons (Fsp3) is 0. The first-order chi connectivity index (χ1) is 11.9. The number of H-pyrrole nitrogens is 1. The molecule has 0 aliphatic carbocycles. The summed E-state index contributed by atoms with van der Waals surface area (Å²) in [4.78, 5) is 27.1. The molecule has 0 saturated heterocycles. The van der Waals surface area contributed by atoms with E-state index in [1.807, 2.05) is 0 Å². The number of aromatic nitrogens is 3. The van der Waals surface area contributed by atoms with Gasteiger partial charge in [-0.3, -0.25) is 9.89 Å². The zero-order chi connectivity index (χ0) is 18.1. The average molecular weight is 342 g/mol. The summed E-state index contributed by atoms with van der Waals surface area (Å²) >= 11 is 0. The maximum Gasteiger partial charge on any atom is 0.337 e. The summed E-state index contributed by atoms with van der Waals surface area (Å²) in [6, 6.07) is 5.53. The van der Waals surface area contributed by atoms with Crippen LogP contribution in [0, 0.1) is 23.0 Å². The SMILES string of the molecule is N#Cc1cc(F)c(-c2c[nH]n(-c3ccc(C(=O)O)cn3)c2=O)cc1F. The maximum atomic E-state index is 14.1. The molecule has 3 aromatic rings. The van der Waals surface area contributed by atoms with Gasteiger partial charge in [-0.2, -0.15) is 5.26 Å². The molecule has 25 heavy (non-hydrogen) atoms. The van der Waals surface area contributed by atoms with Gasteiger partial charge in [-0.1, -0.05) is 0 Å². The van der Waals surface area contributed by atoms with E-state index in [4.69, 9.17) is 10.4 Å². The number of carboxylic acids is 1. The first-order valence-corrected chi connectivity index (χ1v) is 6.82. The van der Waals surface area contributed by atoms with Crippen molar-refractivity contribution in [1.82, 2.24) is 14.8 Å². The van der Waals surface area contributed by atoms with Crippen LogP contribution in [0.5, 0.6) is 0 Å². The van der Waals surface area contributed by atoms with Gasteiger partial charge >= 0.3 is 5.97 Å². The molecule has 0 atom stereocenters. The number of hydrogen-bond donors (Lipinski definition) is 2. The summed E-state index contributed by atoms with van der Waals surface area (Å²) in [6.07, 6.45) is 2.23. The van der Waals surface area contributed by atoms with Gasteiger partial charge in [0.25, 0.3) is 5.56 Å². The molecule has 2 heterocycles. The third-order valence-electron chi connectivity index (χ3n) is 3.46. The average Bonchev–Trinajstić information content (AvgIpc) is 2.98. The smallest absolute Gasteiger partial charge is 0.337 e. The van der Waals surface area contributed by atoms with E-state index in [1.165, 1.54) is 24.4 Å². The van der Waals surface area contributed by atoms with Crippen molar-refractivity contribution >= 4 is 5.97 Å². The van der Waals surface area contributed by atoms with Gasteiger partial charge in [0.1, 0.15) is 17.7 Å². The highest BCUT2D eigenvalue weighted by Crippen LogP contribution is 2.23. The highest BCUT2D eigenvalue weighted by Gasteiger charge is 2.17. The van der Waals surface area contributed by atoms with E-state index in [2.05, 4.69) is 10.1 Å². The molecule has 9 heteroatoms. The number of aromatic amines is 1. The number of hydrogen-bond acceptors (Lipinski definition) is 4. The van der Waals surface area contributed by atoms with Crippen LogP contribution >= 0.6 is 0 Å². The lowest BCUT2D eigenvalue weighted by Gasteiger charge is -2.02. The minimum atomic E-state index is -1.17. The molecule has 0 saturated carbocycles. The van der Waals surface area contributed by atoms with Gasteiger partial charge < -0.3 is 5.11 Å². The molecular weight excluding hydrogens is 334 g/mol. The summed E-state index contributed by atoms with van der Waals surface area (Å²) in [5.74, 6) is -2.96. The van der Waals surface area contributed by atoms with Crippen molar-refractivity contribution < 1.29 is 18.7 Å². The molecule has 124 valence electrons. The minimum Gasteiger partial charge on any atom is -0.478 e. The number of rotatable bonds is 3. The number of aromatic carboxylic acids is 1. The summed E-state index contributed by atoms with van der Waals surface area (Å²) in [6.45, 7) is 0. The van der Waals surface area contributed by atoms with Crippen molar-refractivity contribution in [3.05, 3.63) is 69.8 Å². The Bertz CT molecular complexity index is 1080. The largest absolute Gasteiger partial charge is 0.478 e. The maximum absolute atomic E-state index is 14.1. The van der Waals surface area contributed by atoms with E-state index in [1.54, 1.807) is 0 Å². The number of nitriles is 1. The zero-order valence-corrected chi connectivity index (χ0v) is 12.3. The molecule has 3 rings (SSSR count). The zero-order valence-electron chi connectivity index (χ0n) is 12.3. The van der Waals surface area contributed by atoms with Crippen LogP contribution in [0.15, 0.2) is 41.5 Å². The standard InChI is InChI=1S/C16H8F2N4O3/c17-12-4-10(13(18)3-9(12)5-19)11-7-21-22(15(11)23)14-2-1-8(6-20-14)16(24)25/h1-4,6-7,21H,(H,24,25). The molecule has 2 aromatic heterocycles. The van der Waals surface area contributed by atoms with Crippen LogP contribution in [0.25, 0.3) is 16.9 Å². The fourth-order valence-corrected chi connectivity index (χ4v) is 2.22. The van der Waals surface area contributed by atoms with Crippen molar-refractivity contribution in [2.24, 2.45) is 0 Å². The summed E-state index contributed by atoms with van der Waals surface area (Å²) in [5.41, 5.74) is -1.71. The Morgan fingerprint density at radius 1 is 1.24 bits per heavy atom. The Balaban J connectivity index is 2.08. The molecule has 0 radical (unpaired) electrons. The molecule has 0 unspecified atom stereocenters. The van der Waals surface area contributed by atoms with Gasteiger partial charge in [0.2, 0.25) is 0 Å². The van der Waals surface area contributed by atoms with Gasteiger partial charge in [0.15, 0.2) is 5.82 Å². The lowest BCUT2D eigenvalue weighted by molar-refractivity contribution is 0.0696. The predicted octanol–water partition coefficient (Wildman–Crippen LogP) is 2.08. The summed E-state index contributed by atoms with van der Waals surface area (Å²) in [7, 11) is 0. The van der Waals surface area contributed by atoms with E-state index in [0.717, 1.165) is 16.9 Å². The van der Waals surface area contributed by atoms with Crippen molar-refractivity contribution in [2.45, 2.75) is 0 Å². The predicted molar refractivity (Wildman–Crippen MR) is 81.2 cm³/mol. The highest BCUT2D eigenvalue weighted by molar-refractivity contribution is 5.87. The quantitative estimate of drug-likeness (QED) is 0.757. The van der Waals surface area contributed by atoms with Gasteiger partial charge in [0.05, 0.1) is 16.7 Å². The Hall–Kier alpha value is -3.80. The van der Waals surface area contributed by atoms with Gasteiger partial charge in [-0.15, -0.1) is 0 Å². The van der Waals surface area contributed by atoms with E-state index in [9.17, 15) is 18.4 Å². The number of carboxylic acid groups (broad SMARTS) is 1. The topological polar surface area (TPSA) is 112 Å². The van der Waals surface area contributed by atoms with Crippen LogP contribution in [-0.2, 0) is 0 Å². The van der Waals surface area contributed by atoms with Crippen molar-refractivity contribution in [2.75, 3.05) is 0 Å². The Labute approximate surface area is 138 Å². The van der Waals surface area contributed by atoms with E-state index in [0.29, 0.717) is 6.07 Å². The van der Waals surface area contributed by atoms with Crippen molar-refractivity contribution in [3.63, 3.8) is 0 Å². The summed E-state index contributed by atoms with van der Waals surface area (Å²) < 4.78 is 28.8. The number of carbonyl (C=O) groups is 1. The van der Waals surface area contributed by atoms with Crippen LogP contribution in [0.4, 0.5) is 8.78 Å². The minimum absolute atomic E-state index is 0.0659. The summed E-state index contributed by atoms with van der Waals surface area (Å²) in [5, 5.41) is 20.1. The fourth-order valence-electron chi connectivity index (χ4n) is 2.22. The van der Waals surface area contributed by atoms with Gasteiger partial charge in [0, 0.05) is 18.0 Å². The molecule has 0 aliphatic rings. The third-order valence-corrected chi connectivity index (χ3v) is 3.46. The lowest BCUT2D eigenvalue weighted by atomic mass is 10.1. The Kier molecular flexibility index (Phi) is 3.86. The second-order valence-electron chi connectivity index (χ2n) is 4.96. The van der Waals surface area contributed by atoms with Gasteiger partial charge in [-0.25, -0.2) is 23.2 Å². The molecule has 2 N–H and O–H groups in total. The molecule has 0 aliphatic heterocycles. The van der Waals surface area contributed by atoms with Crippen LogP contribution in [0.3, 0.4) is 0 Å². The Morgan fingerprint density at radius 2 is 2.00 bits per heavy atom. The normalized spacial score (nSPS) is 10.4. The molecule has 0 spiro atoms. The Morgan fingerprint density at radius 3 is 2.60 bits per heavy atom. The highest BCUT2D eigenvalue weighted by atomic mass is 19.1. The van der Waals surface area contributed by atoms with Crippen LogP contribution in [0.2, 0.25) is 0 Å². The lowest BCUT2D eigenvalue weighted by Crippen LogP contribution is -2.17. The van der Waals surface area contributed by atoms with Crippen LogP contribution in [0.1, 0.15) is 15.9 Å². The molecule has 0 bridgehead atoms. The second-order valence-corrected chi connectivity index (χ2v) is 4.96. The van der Waals surface area contributed by atoms with Crippen LogP contribution < -0.4 is 5.56 Å². The van der Waals surface area contributed by atoms with Gasteiger partial charge in [-0.05, 0) is 24.3 Å². The number of nitrogens with one attached hydrogen (secondary N) is 1. The molecule has 7 nitrogen and oxygen atoms in total. The molecule has 0 amide bonds. The third kappa shape index (κ3) is 2.76. The molecule has 0 fully saturated rings.